The summed E-state index contributed by atoms with van der Waals surface area (Å²) in [6.45, 7) is 2.11. The van der Waals surface area contributed by atoms with Crippen molar-refractivity contribution in [3.05, 3.63) is 0 Å². The van der Waals surface area contributed by atoms with Gasteiger partial charge in [0.1, 0.15) is 0 Å². The van der Waals surface area contributed by atoms with Crippen LogP contribution in [0, 0.1) is 5.92 Å². The minimum absolute atomic E-state index is 0. The molecule has 0 radical (unpaired) electrons. The van der Waals surface area contributed by atoms with Gasteiger partial charge in [0.15, 0.2) is 0 Å². The van der Waals surface area contributed by atoms with Gasteiger partial charge in [-0.3, -0.25) is 0 Å². The molecule has 0 bridgehead atoms. The van der Waals surface area contributed by atoms with E-state index in [0.717, 1.165) is 19.3 Å². The van der Waals surface area contributed by atoms with Crippen LogP contribution in [0.3, 0.4) is 0 Å². The van der Waals surface area contributed by atoms with Crippen LogP contribution in [0.4, 0.5) is 0 Å². The van der Waals surface area contributed by atoms with Crippen LogP contribution in [0.1, 0.15) is 39.0 Å². The molecule has 0 aromatic heterocycles. The zero-order valence-corrected chi connectivity index (χ0v) is 12.3. The standard InChI is InChI=1S/C8H16O3S.K/c1-2-7-3-5-8(6-4-7)12(9,10)11;/h7-8H,2-6H2,1H3,(H,9,10,11);/q;+1/p-1. The maximum absolute atomic E-state index is 10.6. The monoisotopic (exact) mass is 230 g/mol. The summed E-state index contributed by atoms with van der Waals surface area (Å²) in [5.41, 5.74) is 0. The van der Waals surface area contributed by atoms with Crippen LogP contribution in [0.5, 0.6) is 0 Å². The molecular formula is C8H15KO3S. The molecule has 1 rings (SSSR count). The Balaban J connectivity index is 0.00000144. The van der Waals surface area contributed by atoms with Crippen LogP contribution in [-0.4, -0.2) is 18.2 Å². The molecule has 0 saturated heterocycles. The van der Waals surface area contributed by atoms with Gasteiger partial charge in [0.2, 0.25) is 0 Å². The van der Waals surface area contributed by atoms with E-state index in [1.165, 1.54) is 0 Å². The third kappa shape index (κ3) is 4.73. The minimum Gasteiger partial charge on any atom is -0.748 e. The van der Waals surface area contributed by atoms with Crippen molar-refractivity contribution >= 4 is 10.1 Å². The second-order valence-corrected chi connectivity index (χ2v) is 5.20. The third-order valence-corrected chi connectivity index (χ3v) is 4.07. The SMILES string of the molecule is CCC1CCC(S(=O)(=O)[O-])CC1.[K+]. The fourth-order valence-electron chi connectivity index (χ4n) is 1.83. The van der Waals surface area contributed by atoms with E-state index in [-0.39, 0.29) is 51.4 Å². The first-order valence-electron chi connectivity index (χ1n) is 4.48. The van der Waals surface area contributed by atoms with Gasteiger partial charge in [0, 0.05) is 5.25 Å². The largest absolute Gasteiger partial charge is 1.00 e. The van der Waals surface area contributed by atoms with E-state index >= 15 is 0 Å². The molecule has 1 aliphatic rings. The van der Waals surface area contributed by atoms with Crippen molar-refractivity contribution in [3.8, 4) is 0 Å². The van der Waals surface area contributed by atoms with Gasteiger partial charge < -0.3 is 4.55 Å². The molecule has 3 nitrogen and oxygen atoms in total. The van der Waals surface area contributed by atoms with Gasteiger partial charge in [-0.05, 0) is 31.6 Å². The normalized spacial score (nSPS) is 29.4. The van der Waals surface area contributed by atoms with E-state index < -0.39 is 15.4 Å². The molecule has 0 N–H and O–H groups in total. The second kappa shape index (κ2) is 6.20. The Hall–Kier alpha value is 1.55. The summed E-state index contributed by atoms with van der Waals surface area (Å²) in [5.74, 6) is 0.642. The zero-order valence-electron chi connectivity index (χ0n) is 8.32. The second-order valence-electron chi connectivity index (χ2n) is 3.54. The third-order valence-electron chi connectivity index (χ3n) is 2.78. The van der Waals surface area contributed by atoms with E-state index in [0.29, 0.717) is 18.8 Å². The van der Waals surface area contributed by atoms with Gasteiger partial charge >= 0.3 is 51.4 Å². The average molecular weight is 230 g/mol. The molecule has 5 heteroatoms. The van der Waals surface area contributed by atoms with Crippen molar-refractivity contribution < 1.29 is 64.4 Å². The van der Waals surface area contributed by atoms with Gasteiger partial charge in [0.25, 0.3) is 0 Å². The molecule has 1 aliphatic carbocycles. The summed E-state index contributed by atoms with van der Waals surface area (Å²) in [6, 6.07) is 0. The molecule has 0 amide bonds. The molecule has 0 unspecified atom stereocenters. The summed E-state index contributed by atoms with van der Waals surface area (Å²) >= 11 is 0. The minimum atomic E-state index is -4.01. The zero-order chi connectivity index (χ0) is 9.19. The topological polar surface area (TPSA) is 57.2 Å². The van der Waals surface area contributed by atoms with Crippen LogP contribution in [0.15, 0.2) is 0 Å². The Morgan fingerprint density at radius 2 is 1.69 bits per heavy atom. The van der Waals surface area contributed by atoms with Crippen LogP contribution >= 0.6 is 0 Å². The summed E-state index contributed by atoms with van der Waals surface area (Å²) in [7, 11) is -4.01. The van der Waals surface area contributed by atoms with E-state index in [1.54, 1.807) is 0 Å². The van der Waals surface area contributed by atoms with Crippen LogP contribution in [0.2, 0.25) is 0 Å². The van der Waals surface area contributed by atoms with Crippen molar-refractivity contribution in [2.24, 2.45) is 5.92 Å². The van der Waals surface area contributed by atoms with E-state index in [2.05, 4.69) is 6.92 Å². The van der Waals surface area contributed by atoms with Crippen molar-refractivity contribution in [2.75, 3.05) is 0 Å². The average Bonchev–Trinajstić information content (AvgIpc) is 2.03. The van der Waals surface area contributed by atoms with Gasteiger partial charge in [-0.2, -0.15) is 0 Å². The first-order chi connectivity index (χ1) is 5.54. The molecule has 72 valence electrons. The predicted octanol–water partition coefficient (Wildman–Crippen LogP) is -1.50. The predicted molar refractivity (Wildman–Crippen MR) is 45.7 cm³/mol. The molecule has 1 saturated carbocycles. The number of hydrogen-bond donors (Lipinski definition) is 0. The van der Waals surface area contributed by atoms with Crippen molar-refractivity contribution in [3.63, 3.8) is 0 Å². The van der Waals surface area contributed by atoms with Crippen molar-refractivity contribution in [1.82, 2.24) is 0 Å². The maximum atomic E-state index is 10.6. The molecule has 0 aromatic carbocycles. The van der Waals surface area contributed by atoms with Gasteiger partial charge in [0.05, 0.1) is 10.1 Å². The van der Waals surface area contributed by atoms with E-state index in [4.69, 9.17) is 0 Å². The fourth-order valence-corrected chi connectivity index (χ4v) is 2.68. The summed E-state index contributed by atoms with van der Waals surface area (Å²) < 4.78 is 31.9. The Morgan fingerprint density at radius 1 is 1.23 bits per heavy atom. The maximum Gasteiger partial charge on any atom is 1.00 e. The number of hydrogen-bond acceptors (Lipinski definition) is 3. The molecule has 1 fully saturated rings. The van der Waals surface area contributed by atoms with Crippen molar-refractivity contribution in [1.29, 1.82) is 0 Å². The quantitative estimate of drug-likeness (QED) is 0.429. The Labute approximate surface area is 123 Å². The van der Waals surface area contributed by atoms with Gasteiger partial charge in [-0.1, -0.05) is 13.3 Å². The number of rotatable bonds is 2. The van der Waals surface area contributed by atoms with Crippen LogP contribution in [0.25, 0.3) is 0 Å². The molecule has 0 aliphatic heterocycles. The summed E-state index contributed by atoms with van der Waals surface area (Å²) in [5, 5.41) is -0.597. The molecule has 0 heterocycles. The van der Waals surface area contributed by atoms with E-state index in [9.17, 15) is 13.0 Å². The summed E-state index contributed by atoms with van der Waals surface area (Å²) in [4.78, 5) is 0. The Bertz CT molecular complexity index is 230. The van der Waals surface area contributed by atoms with Crippen LogP contribution in [-0.2, 0) is 10.1 Å². The first kappa shape index (κ1) is 14.5. The smallest absolute Gasteiger partial charge is 0.748 e. The molecular weight excluding hydrogens is 215 g/mol. The Kier molecular flexibility index (Phi) is 6.94. The first-order valence-corrected chi connectivity index (χ1v) is 5.96. The van der Waals surface area contributed by atoms with Gasteiger partial charge in [-0.15, -0.1) is 0 Å². The summed E-state index contributed by atoms with van der Waals surface area (Å²) in [6.07, 6.45) is 4.06. The molecule has 0 aromatic rings. The fraction of sp³-hybridized carbons (Fsp3) is 1.00. The van der Waals surface area contributed by atoms with E-state index in [1.807, 2.05) is 0 Å². The van der Waals surface area contributed by atoms with Gasteiger partial charge in [-0.25, -0.2) is 8.42 Å². The van der Waals surface area contributed by atoms with Crippen LogP contribution < -0.4 is 51.4 Å². The molecule has 0 atom stereocenters. The Morgan fingerprint density at radius 3 is 2.00 bits per heavy atom. The van der Waals surface area contributed by atoms with Crippen molar-refractivity contribution in [2.45, 2.75) is 44.3 Å². The molecule has 0 spiro atoms. The molecule has 13 heavy (non-hydrogen) atoms.